The molecular weight excluding hydrogens is 338 g/mol. The number of carbonyl (C=O) groups excluding carboxylic acids is 4. The van der Waals surface area contributed by atoms with E-state index in [0.717, 1.165) is 0 Å². The molecule has 0 unspecified atom stereocenters. The van der Waals surface area contributed by atoms with E-state index in [1.54, 1.807) is 27.7 Å². The molecule has 1 aliphatic heterocycles. The zero-order valence-electron chi connectivity index (χ0n) is 16.0. The predicted octanol–water partition coefficient (Wildman–Crippen LogP) is 1.28. The molecule has 0 aromatic heterocycles. The molecule has 3 amide bonds. The highest BCUT2D eigenvalue weighted by atomic mass is 16.6. The van der Waals surface area contributed by atoms with Crippen LogP contribution in [-0.2, 0) is 19.1 Å². The molecule has 0 aromatic carbocycles. The summed E-state index contributed by atoms with van der Waals surface area (Å²) in [7, 11) is 0. The number of allylic oxidation sites excluding steroid dienone is 1. The number of likely N-dealkylation sites (tertiary alicyclic amines) is 1. The first kappa shape index (κ1) is 21.7. The second-order valence-corrected chi connectivity index (χ2v) is 7.53. The van der Waals surface area contributed by atoms with Crippen molar-refractivity contribution >= 4 is 23.7 Å². The number of carbonyl (C=O) groups is 4. The van der Waals surface area contributed by atoms with Crippen molar-refractivity contribution in [2.45, 2.75) is 71.1 Å². The van der Waals surface area contributed by atoms with Gasteiger partial charge in [-0.1, -0.05) is 6.58 Å². The maximum absolute atomic E-state index is 12.9. The lowest BCUT2D eigenvalue weighted by Gasteiger charge is -2.28. The van der Waals surface area contributed by atoms with Crippen LogP contribution in [0, 0.1) is 0 Å². The minimum absolute atomic E-state index is 0.0522. The summed E-state index contributed by atoms with van der Waals surface area (Å²) in [4.78, 5) is 49.7. The second kappa shape index (κ2) is 8.82. The van der Waals surface area contributed by atoms with Gasteiger partial charge < -0.3 is 20.7 Å². The normalized spacial score (nSPS) is 18.2. The number of Topliss-reactive ketones (excluding diaryl/α,β-unsaturated/α-hetero) is 1. The van der Waals surface area contributed by atoms with Crippen LogP contribution in [0.5, 0.6) is 0 Å². The fourth-order valence-electron chi connectivity index (χ4n) is 2.72. The molecule has 26 heavy (non-hydrogen) atoms. The number of alkyl carbamates (subject to hydrolysis) is 1. The van der Waals surface area contributed by atoms with Crippen molar-refractivity contribution in [2.24, 2.45) is 5.73 Å². The Labute approximate surface area is 154 Å². The number of ether oxygens (including phenoxy) is 1. The molecule has 1 aliphatic rings. The fourth-order valence-corrected chi connectivity index (χ4v) is 2.72. The topological polar surface area (TPSA) is 119 Å². The van der Waals surface area contributed by atoms with E-state index >= 15 is 0 Å². The van der Waals surface area contributed by atoms with Crippen molar-refractivity contribution in [1.82, 2.24) is 10.2 Å². The van der Waals surface area contributed by atoms with E-state index in [-0.39, 0.29) is 18.6 Å². The third kappa shape index (κ3) is 6.50. The molecule has 2 atom stereocenters. The first-order chi connectivity index (χ1) is 11.9. The molecule has 0 aromatic rings. The number of hydrogen-bond acceptors (Lipinski definition) is 5. The van der Waals surface area contributed by atoms with E-state index in [1.807, 2.05) is 0 Å². The van der Waals surface area contributed by atoms with E-state index in [4.69, 9.17) is 10.5 Å². The largest absolute Gasteiger partial charge is 0.444 e. The lowest BCUT2D eigenvalue weighted by atomic mass is 10.0. The SMILES string of the molecule is C=C(C)C(=O)CC[C@H](NC(=O)OC(C)(C)C)C(=O)N1CCC[C@H]1C(N)=O. The molecule has 1 saturated heterocycles. The third-order valence-corrected chi connectivity index (χ3v) is 3.99. The highest BCUT2D eigenvalue weighted by molar-refractivity contribution is 5.95. The van der Waals surface area contributed by atoms with Gasteiger partial charge in [-0.05, 0) is 52.5 Å². The number of amides is 3. The zero-order valence-corrected chi connectivity index (χ0v) is 16.0. The Morgan fingerprint density at radius 2 is 1.92 bits per heavy atom. The second-order valence-electron chi connectivity index (χ2n) is 7.53. The standard InChI is InChI=1S/C18H29N3O5/c1-11(2)14(22)9-8-12(20-17(25)26-18(3,4)5)16(24)21-10-6-7-13(21)15(19)23/h12-13H,1,6-10H2,2-5H3,(H2,19,23)(H,20,25)/t12-,13-/m0/s1. The van der Waals surface area contributed by atoms with Crippen molar-refractivity contribution in [1.29, 1.82) is 0 Å². The smallest absolute Gasteiger partial charge is 0.408 e. The average molecular weight is 367 g/mol. The number of ketones is 1. The van der Waals surface area contributed by atoms with Gasteiger partial charge in [-0.2, -0.15) is 0 Å². The number of nitrogens with two attached hydrogens (primary N) is 1. The van der Waals surface area contributed by atoms with Crippen molar-refractivity contribution in [3.05, 3.63) is 12.2 Å². The van der Waals surface area contributed by atoms with Crippen LogP contribution in [0.4, 0.5) is 4.79 Å². The van der Waals surface area contributed by atoms with Gasteiger partial charge in [-0.3, -0.25) is 14.4 Å². The number of nitrogens with zero attached hydrogens (tertiary/aromatic N) is 1. The summed E-state index contributed by atoms with van der Waals surface area (Å²) in [5.41, 5.74) is 5.01. The van der Waals surface area contributed by atoms with Gasteiger partial charge in [0.1, 0.15) is 17.7 Å². The summed E-state index contributed by atoms with van der Waals surface area (Å²) >= 11 is 0. The number of nitrogens with one attached hydrogen (secondary N) is 1. The molecule has 3 N–H and O–H groups in total. The van der Waals surface area contributed by atoms with Gasteiger partial charge in [-0.15, -0.1) is 0 Å². The summed E-state index contributed by atoms with van der Waals surface area (Å²) in [6.07, 6.45) is 0.532. The highest BCUT2D eigenvalue weighted by Crippen LogP contribution is 2.20. The molecular formula is C18H29N3O5. The summed E-state index contributed by atoms with van der Waals surface area (Å²) < 4.78 is 5.19. The van der Waals surface area contributed by atoms with Gasteiger partial charge in [0, 0.05) is 13.0 Å². The van der Waals surface area contributed by atoms with Gasteiger partial charge in [0.05, 0.1) is 0 Å². The van der Waals surface area contributed by atoms with Crippen LogP contribution in [0.3, 0.4) is 0 Å². The Balaban J connectivity index is 2.89. The summed E-state index contributed by atoms with van der Waals surface area (Å²) in [5, 5.41) is 2.52. The predicted molar refractivity (Wildman–Crippen MR) is 96.1 cm³/mol. The lowest BCUT2D eigenvalue weighted by molar-refractivity contribution is -0.139. The van der Waals surface area contributed by atoms with Gasteiger partial charge in [0.25, 0.3) is 0 Å². The molecule has 1 heterocycles. The van der Waals surface area contributed by atoms with E-state index in [9.17, 15) is 19.2 Å². The number of hydrogen-bond donors (Lipinski definition) is 2. The van der Waals surface area contributed by atoms with Gasteiger partial charge in [0.2, 0.25) is 11.8 Å². The highest BCUT2D eigenvalue weighted by Gasteiger charge is 2.37. The Kier molecular flexibility index (Phi) is 7.35. The first-order valence-corrected chi connectivity index (χ1v) is 8.70. The summed E-state index contributed by atoms with van der Waals surface area (Å²) in [5.74, 6) is -1.21. The van der Waals surface area contributed by atoms with Crippen molar-refractivity contribution in [2.75, 3.05) is 6.54 Å². The number of primary amides is 1. The zero-order chi connectivity index (χ0) is 20.1. The van der Waals surface area contributed by atoms with Crippen LogP contribution in [0.15, 0.2) is 12.2 Å². The minimum Gasteiger partial charge on any atom is -0.444 e. The van der Waals surface area contributed by atoms with Crippen LogP contribution in [0.1, 0.15) is 53.4 Å². The maximum Gasteiger partial charge on any atom is 0.408 e. The molecule has 8 heteroatoms. The minimum atomic E-state index is -0.979. The first-order valence-electron chi connectivity index (χ1n) is 8.70. The van der Waals surface area contributed by atoms with E-state index < -0.39 is 35.6 Å². The molecule has 0 saturated carbocycles. The lowest BCUT2D eigenvalue weighted by Crippen LogP contribution is -2.53. The van der Waals surface area contributed by atoms with Crippen molar-refractivity contribution in [3.63, 3.8) is 0 Å². The van der Waals surface area contributed by atoms with Crippen LogP contribution < -0.4 is 11.1 Å². The van der Waals surface area contributed by atoms with Crippen molar-refractivity contribution < 1.29 is 23.9 Å². The van der Waals surface area contributed by atoms with E-state index in [0.29, 0.717) is 25.0 Å². The summed E-state index contributed by atoms with van der Waals surface area (Å²) in [6, 6.07) is -1.67. The molecule has 0 spiro atoms. The number of rotatable bonds is 7. The van der Waals surface area contributed by atoms with Gasteiger partial charge >= 0.3 is 6.09 Å². The summed E-state index contributed by atoms with van der Waals surface area (Å²) in [6.45, 7) is 10.7. The fraction of sp³-hybridized carbons (Fsp3) is 0.667. The Hall–Kier alpha value is -2.38. The maximum atomic E-state index is 12.9. The average Bonchev–Trinajstić information content (AvgIpc) is 2.98. The molecule has 0 bridgehead atoms. The molecule has 146 valence electrons. The monoisotopic (exact) mass is 367 g/mol. The van der Waals surface area contributed by atoms with Crippen LogP contribution in [-0.4, -0.2) is 52.8 Å². The van der Waals surface area contributed by atoms with Gasteiger partial charge in [0.15, 0.2) is 5.78 Å². The van der Waals surface area contributed by atoms with E-state index in [2.05, 4.69) is 11.9 Å². The Morgan fingerprint density at radius 3 is 2.42 bits per heavy atom. The Bertz CT molecular complexity index is 594. The molecule has 1 fully saturated rings. The van der Waals surface area contributed by atoms with Crippen LogP contribution in [0.2, 0.25) is 0 Å². The molecule has 1 rings (SSSR count). The van der Waals surface area contributed by atoms with Crippen LogP contribution in [0.25, 0.3) is 0 Å². The van der Waals surface area contributed by atoms with Crippen LogP contribution >= 0.6 is 0 Å². The Morgan fingerprint density at radius 1 is 1.31 bits per heavy atom. The quantitative estimate of drug-likeness (QED) is 0.657. The molecule has 8 nitrogen and oxygen atoms in total. The van der Waals surface area contributed by atoms with Crippen molar-refractivity contribution in [3.8, 4) is 0 Å². The molecule has 0 aliphatic carbocycles. The third-order valence-electron chi connectivity index (χ3n) is 3.99. The van der Waals surface area contributed by atoms with E-state index in [1.165, 1.54) is 4.90 Å². The molecule has 0 radical (unpaired) electrons. The van der Waals surface area contributed by atoms with Gasteiger partial charge in [-0.25, -0.2) is 4.79 Å².